The summed E-state index contributed by atoms with van der Waals surface area (Å²) in [6, 6.07) is 14.6. The first-order valence-electron chi connectivity index (χ1n) is 10.4. The first kappa shape index (κ1) is 17.1. The van der Waals surface area contributed by atoms with Gasteiger partial charge in [-0.3, -0.25) is 0 Å². The van der Waals surface area contributed by atoms with Crippen molar-refractivity contribution < 1.29 is 10.2 Å². The maximum absolute atomic E-state index is 10.8. The molecule has 4 aliphatic rings. The smallest absolute Gasteiger partial charge is 0.119 e. The Labute approximate surface area is 161 Å². The number of rotatable bonds is 4. The maximum atomic E-state index is 10.8. The van der Waals surface area contributed by atoms with Crippen molar-refractivity contribution in [3.8, 4) is 16.9 Å². The van der Waals surface area contributed by atoms with Crippen LogP contribution in [-0.4, -0.2) is 16.8 Å². The van der Waals surface area contributed by atoms with Crippen molar-refractivity contribution in [3.63, 3.8) is 0 Å². The van der Waals surface area contributed by atoms with Gasteiger partial charge in [-0.25, -0.2) is 0 Å². The summed E-state index contributed by atoms with van der Waals surface area (Å²) in [4.78, 5) is 0. The number of hydrogen-bond donors (Lipinski definition) is 2. The van der Waals surface area contributed by atoms with Gasteiger partial charge in [-0.05, 0) is 90.5 Å². The molecule has 0 radical (unpaired) electrons. The molecule has 0 heterocycles. The number of aromatic hydroxyl groups is 1. The van der Waals surface area contributed by atoms with Gasteiger partial charge in [-0.1, -0.05) is 42.5 Å². The van der Waals surface area contributed by atoms with E-state index in [1.165, 1.54) is 55.2 Å². The highest BCUT2D eigenvalue weighted by molar-refractivity contribution is 5.68. The predicted octanol–water partition coefficient (Wildman–Crippen LogP) is 5.53. The van der Waals surface area contributed by atoms with Crippen LogP contribution in [0.1, 0.15) is 49.7 Å². The minimum atomic E-state index is 0.0636. The average Bonchev–Trinajstić information content (AvgIpc) is 2.66. The molecule has 0 aliphatic heterocycles. The van der Waals surface area contributed by atoms with Crippen LogP contribution in [0.5, 0.6) is 5.75 Å². The number of hydrogen-bond acceptors (Lipinski definition) is 2. The van der Waals surface area contributed by atoms with E-state index in [4.69, 9.17) is 5.11 Å². The SMILES string of the molecule is OC/C=C/c1ccc(-c2ccc(O)c(C34CC5CC(CC(C5)C3)C4)c2)cc1. The van der Waals surface area contributed by atoms with Gasteiger partial charge in [0.05, 0.1) is 6.61 Å². The highest BCUT2D eigenvalue weighted by atomic mass is 16.3. The predicted molar refractivity (Wildman–Crippen MR) is 110 cm³/mol. The summed E-state index contributed by atoms with van der Waals surface area (Å²) in [5.74, 6) is 3.11. The first-order valence-corrected chi connectivity index (χ1v) is 10.4. The van der Waals surface area contributed by atoms with Crippen molar-refractivity contribution >= 4 is 6.08 Å². The van der Waals surface area contributed by atoms with Gasteiger partial charge in [-0.15, -0.1) is 0 Å². The highest BCUT2D eigenvalue weighted by Gasteiger charge is 2.52. The molecule has 4 aliphatic carbocycles. The molecular weight excluding hydrogens is 332 g/mol. The molecule has 0 saturated heterocycles. The van der Waals surface area contributed by atoms with Crippen molar-refractivity contribution in [2.45, 2.75) is 43.9 Å². The number of phenolic OH excluding ortho intramolecular Hbond substituents is 1. The van der Waals surface area contributed by atoms with Gasteiger partial charge >= 0.3 is 0 Å². The van der Waals surface area contributed by atoms with Crippen LogP contribution >= 0.6 is 0 Å². The fraction of sp³-hybridized carbons (Fsp3) is 0.440. The Bertz CT molecular complexity index is 827. The third-order valence-corrected chi connectivity index (χ3v) is 7.27. The molecule has 0 spiro atoms. The van der Waals surface area contributed by atoms with E-state index in [1.54, 1.807) is 6.08 Å². The zero-order chi connectivity index (χ0) is 18.4. The van der Waals surface area contributed by atoms with Crippen LogP contribution < -0.4 is 0 Å². The van der Waals surface area contributed by atoms with E-state index in [-0.39, 0.29) is 12.0 Å². The van der Waals surface area contributed by atoms with Gasteiger partial charge in [-0.2, -0.15) is 0 Å². The maximum Gasteiger partial charge on any atom is 0.119 e. The number of phenols is 1. The monoisotopic (exact) mass is 360 g/mol. The summed E-state index contributed by atoms with van der Waals surface area (Å²) in [5, 5.41) is 19.7. The summed E-state index contributed by atoms with van der Waals surface area (Å²) in [6.45, 7) is 0.0636. The second-order valence-electron chi connectivity index (χ2n) is 9.14. The minimum absolute atomic E-state index is 0.0636. The molecule has 2 aromatic rings. The normalized spacial score (nSPS) is 31.7. The second-order valence-corrected chi connectivity index (χ2v) is 9.14. The van der Waals surface area contributed by atoms with E-state index >= 15 is 0 Å². The highest BCUT2D eigenvalue weighted by Crippen LogP contribution is 2.62. The molecule has 0 amide bonds. The fourth-order valence-electron chi connectivity index (χ4n) is 6.56. The Balaban J connectivity index is 1.49. The van der Waals surface area contributed by atoms with Crippen molar-refractivity contribution in [1.82, 2.24) is 0 Å². The number of aliphatic hydroxyl groups is 1. The molecule has 2 heteroatoms. The molecule has 2 aromatic carbocycles. The Hall–Kier alpha value is -2.06. The summed E-state index contributed by atoms with van der Waals surface area (Å²) in [6.07, 6.45) is 11.7. The lowest BCUT2D eigenvalue weighted by Crippen LogP contribution is -2.48. The third kappa shape index (κ3) is 3.00. The Morgan fingerprint density at radius 2 is 1.44 bits per heavy atom. The lowest BCUT2D eigenvalue weighted by atomic mass is 9.48. The lowest BCUT2D eigenvalue weighted by molar-refractivity contribution is -0.00611. The van der Waals surface area contributed by atoms with Crippen LogP contribution in [0.15, 0.2) is 48.5 Å². The van der Waals surface area contributed by atoms with Crippen LogP contribution in [0, 0.1) is 17.8 Å². The standard InChI is InChI=1S/C25H28O2/c26-9-1-2-17-3-5-21(6-4-17)22-7-8-24(27)23(13-22)25-14-18-10-19(15-25)12-20(11-18)16-25/h1-8,13,18-20,26-27H,9-12,14-16H2/b2-1+. The summed E-state index contributed by atoms with van der Waals surface area (Å²) in [5.41, 5.74) is 4.87. The largest absolute Gasteiger partial charge is 0.508 e. The van der Waals surface area contributed by atoms with Crippen LogP contribution in [0.4, 0.5) is 0 Å². The second kappa shape index (κ2) is 6.53. The molecular formula is C25H28O2. The van der Waals surface area contributed by atoms with Gasteiger partial charge in [0.15, 0.2) is 0 Å². The average molecular weight is 360 g/mol. The summed E-state index contributed by atoms with van der Waals surface area (Å²) < 4.78 is 0. The van der Waals surface area contributed by atoms with Crippen molar-refractivity contribution in [1.29, 1.82) is 0 Å². The third-order valence-electron chi connectivity index (χ3n) is 7.27. The van der Waals surface area contributed by atoms with Crippen LogP contribution in [0.3, 0.4) is 0 Å². The van der Waals surface area contributed by atoms with Gasteiger partial charge < -0.3 is 10.2 Å². The van der Waals surface area contributed by atoms with Crippen LogP contribution in [0.2, 0.25) is 0 Å². The molecule has 27 heavy (non-hydrogen) atoms. The van der Waals surface area contributed by atoms with Gasteiger partial charge in [0.2, 0.25) is 0 Å². The van der Waals surface area contributed by atoms with E-state index in [2.05, 4.69) is 30.3 Å². The molecule has 4 fully saturated rings. The van der Waals surface area contributed by atoms with E-state index in [0.717, 1.165) is 23.3 Å². The Morgan fingerprint density at radius 1 is 0.852 bits per heavy atom. The quantitative estimate of drug-likeness (QED) is 0.752. The van der Waals surface area contributed by atoms with Gasteiger partial charge in [0.1, 0.15) is 5.75 Å². The van der Waals surface area contributed by atoms with Crippen LogP contribution in [-0.2, 0) is 5.41 Å². The fourth-order valence-corrected chi connectivity index (χ4v) is 6.56. The lowest BCUT2D eigenvalue weighted by Gasteiger charge is -2.57. The van der Waals surface area contributed by atoms with Gasteiger partial charge in [0, 0.05) is 5.56 Å². The molecule has 2 nitrogen and oxygen atoms in total. The molecule has 6 rings (SSSR count). The zero-order valence-corrected chi connectivity index (χ0v) is 15.8. The minimum Gasteiger partial charge on any atom is -0.508 e. The summed E-state index contributed by atoms with van der Waals surface area (Å²) >= 11 is 0. The Morgan fingerprint density at radius 3 is 2.04 bits per heavy atom. The van der Waals surface area contributed by atoms with Crippen LogP contribution in [0.25, 0.3) is 17.2 Å². The van der Waals surface area contributed by atoms with Gasteiger partial charge in [0.25, 0.3) is 0 Å². The Kier molecular flexibility index (Phi) is 4.12. The molecule has 0 unspecified atom stereocenters. The van der Waals surface area contributed by atoms with Crippen molar-refractivity contribution in [2.75, 3.05) is 6.61 Å². The number of aliphatic hydroxyl groups excluding tert-OH is 1. The van der Waals surface area contributed by atoms with Crippen molar-refractivity contribution in [3.05, 3.63) is 59.7 Å². The molecule has 4 bridgehead atoms. The first-order chi connectivity index (χ1) is 13.1. The van der Waals surface area contributed by atoms with E-state index in [1.807, 2.05) is 18.2 Å². The molecule has 140 valence electrons. The number of benzene rings is 2. The van der Waals surface area contributed by atoms with Crippen molar-refractivity contribution in [2.24, 2.45) is 17.8 Å². The van der Waals surface area contributed by atoms with E-state index in [9.17, 15) is 5.11 Å². The van der Waals surface area contributed by atoms with E-state index < -0.39 is 0 Å². The molecule has 2 N–H and O–H groups in total. The van der Waals surface area contributed by atoms with E-state index in [0.29, 0.717) is 5.75 Å². The zero-order valence-electron chi connectivity index (χ0n) is 15.8. The summed E-state index contributed by atoms with van der Waals surface area (Å²) in [7, 11) is 0. The molecule has 0 atom stereocenters. The molecule has 0 aromatic heterocycles. The topological polar surface area (TPSA) is 40.5 Å². The molecule has 4 saturated carbocycles.